The third-order valence-corrected chi connectivity index (χ3v) is 4.58. The van der Waals surface area contributed by atoms with Gasteiger partial charge in [-0.3, -0.25) is 0 Å². The molecule has 3 heterocycles. The zero-order valence-electron chi connectivity index (χ0n) is 12.2. The Morgan fingerprint density at radius 3 is 2.86 bits per heavy atom. The van der Waals surface area contributed by atoms with Crippen LogP contribution in [0.3, 0.4) is 0 Å². The van der Waals surface area contributed by atoms with Crippen LogP contribution >= 0.6 is 0 Å². The minimum Gasteiger partial charge on any atom is -0.376 e. The number of ether oxygens (including phenoxy) is 1. The summed E-state index contributed by atoms with van der Waals surface area (Å²) in [7, 11) is 2.17. The van der Waals surface area contributed by atoms with Crippen molar-refractivity contribution >= 4 is 0 Å². The molecule has 4 heteroatoms. The summed E-state index contributed by atoms with van der Waals surface area (Å²) in [5, 5.41) is 0. The molecule has 2 aliphatic rings. The van der Waals surface area contributed by atoms with E-state index in [-0.39, 0.29) is 5.41 Å². The molecule has 2 aromatic rings. The Balaban J connectivity index is 1.81. The molecule has 0 unspecified atom stereocenters. The van der Waals surface area contributed by atoms with E-state index in [1.54, 1.807) is 0 Å². The highest BCUT2D eigenvalue weighted by Crippen LogP contribution is 2.38. The minimum absolute atomic E-state index is 0.0504. The Kier molecular flexibility index (Phi) is 3.01. The Labute approximate surface area is 124 Å². The molecule has 0 aliphatic carbocycles. The number of hydrogen-bond donors (Lipinski definition) is 0. The maximum Gasteiger partial charge on any atom is 0.159 e. The number of aromatic nitrogens is 2. The van der Waals surface area contributed by atoms with Gasteiger partial charge in [0.15, 0.2) is 5.82 Å². The maximum absolute atomic E-state index is 5.82. The van der Waals surface area contributed by atoms with Crippen molar-refractivity contribution in [2.24, 2.45) is 0 Å². The van der Waals surface area contributed by atoms with Crippen LogP contribution in [0, 0.1) is 0 Å². The lowest BCUT2D eigenvalue weighted by Gasteiger charge is -2.34. The molecule has 4 nitrogen and oxygen atoms in total. The summed E-state index contributed by atoms with van der Waals surface area (Å²) in [6.45, 7) is 3.53. The van der Waals surface area contributed by atoms with Crippen LogP contribution in [0.5, 0.6) is 0 Å². The highest BCUT2D eigenvalue weighted by atomic mass is 16.5. The Bertz CT molecular complexity index is 658. The van der Waals surface area contributed by atoms with Crippen LogP contribution < -0.4 is 0 Å². The van der Waals surface area contributed by atoms with Gasteiger partial charge in [-0.25, -0.2) is 9.97 Å². The fraction of sp³-hybridized carbons (Fsp3) is 0.412. The van der Waals surface area contributed by atoms with Gasteiger partial charge in [0.05, 0.1) is 24.3 Å². The smallest absolute Gasteiger partial charge is 0.159 e. The first-order valence-corrected chi connectivity index (χ1v) is 7.45. The lowest BCUT2D eigenvalue weighted by atomic mass is 9.80. The molecule has 4 rings (SSSR count). The van der Waals surface area contributed by atoms with Crippen molar-refractivity contribution in [1.29, 1.82) is 0 Å². The van der Waals surface area contributed by atoms with Crippen molar-refractivity contribution in [3.05, 3.63) is 47.8 Å². The number of benzene rings is 1. The molecule has 1 saturated heterocycles. The second-order valence-electron chi connectivity index (χ2n) is 6.19. The highest BCUT2D eigenvalue weighted by Gasteiger charge is 2.43. The molecular weight excluding hydrogens is 262 g/mol. The number of likely N-dealkylation sites (tertiary alicyclic amines) is 1. The van der Waals surface area contributed by atoms with E-state index in [1.165, 1.54) is 5.69 Å². The van der Waals surface area contributed by atoms with Crippen molar-refractivity contribution in [2.75, 3.05) is 26.7 Å². The van der Waals surface area contributed by atoms with E-state index < -0.39 is 0 Å². The van der Waals surface area contributed by atoms with Crippen LogP contribution in [-0.2, 0) is 16.8 Å². The van der Waals surface area contributed by atoms with Gasteiger partial charge in [-0.15, -0.1) is 0 Å². The lowest BCUT2D eigenvalue weighted by molar-refractivity contribution is 0.0516. The molecule has 108 valence electrons. The fourth-order valence-corrected chi connectivity index (χ4v) is 3.51. The second-order valence-corrected chi connectivity index (χ2v) is 6.19. The van der Waals surface area contributed by atoms with Crippen molar-refractivity contribution in [3.8, 4) is 11.4 Å². The summed E-state index contributed by atoms with van der Waals surface area (Å²) >= 11 is 0. The number of fused-ring (bicyclic) bond motifs is 2. The molecule has 2 aliphatic heterocycles. The van der Waals surface area contributed by atoms with Gasteiger partial charge >= 0.3 is 0 Å². The SMILES string of the molecule is CN1CC[C@]2(COCc3cnc(-c4ccccc4)nc32)C1. The predicted molar refractivity (Wildman–Crippen MR) is 80.9 cm³/mol. The quantitative estimate of drug-likeness (QED) is 0.803. The van der Waals surface area contributed by atoms with E-state index in [2.05, 4.69) is 29.1 Å². The first-order chi connectivity index (χ1) is 10.3. The topological polar surface area (TPSA) is 38.2 Å². The van der Waals surface area contributed by atoms with E-state index in [4.69, 9.17) is 9.72 Å². The van der Waals surface area contributed by atoms with Crippen molar-refractivity contribution < 1.29 is 4.74 Å². The normalized spacial score (nSPS) is 25.2. The van der Waals surface area contributed by atoms with Gasteiger partial charge in [0, 0.05) is 23.9 Å². The average molecular weight is 281 g/mol. The number of nitrogens with zero attached hydrogens (tertiary/aromatic N) is 3. The van der Waals surface area contributed by atoms with Gasteiger partial charge in [0.25, 0.3) is 0 Å². The van der Waals surface area contributed by atoms with Crippen LogP contribution in [0.1, 0.15) is 17.7 Å². The zero-order valence-corrected chi connectivity index (χ0v) is 12.2. The molecule has 0 saturated carbocycles. The molecule has 0 amide bonds. The monoisotopic (exact) mass is 281 g/mol. The summed E-state index contributed by atoms with van der Waals surface area (Å²) in [5.74, 6) is 0.824. The van der Waals surface area contributed by atoms with Crippen molar-refractivity contribution in [3.63, 3.8) is 0 Å². The molecule has 1 atom stereocenters. The molecular formula is C17H19N3O. The van der Waals surface area contributed by atoms with Crippen LogP contribution in [0.15, 0.2) is 36.5 Å². The molecule has 1 fully saturated rings. The Morgan fingerprint density at radius 2 is 2.10 bits per heavy atom. The summed E-state index contributed by atoms with van der Waals surface area (Å²) in [5.41, 5.74) is 3.48. The maximum atomic E-state index is 5.82. The standard InChI is InChI=1S/C17H19N3O/c1-20-8-7-17(11-20)12-21-10-14-9-18-16(19-15(14)17)13-5-3-2-4-6-13/h2-6,9H,7-8,10-12H2,1H3/t17-/m1/s1. The van der Waals surface area contributed by atoms with E-state index in [0.29, 0.717) is 6.61 Å². The van der Waals surface area contributed by atoms with Gasteiger partial charge in [-0.05, 0) is 20.0 Å². The van der Waals surface area contributed by atoms with Gasteiger partial charge in [-0.1, -0.05) is 30.3 Å². The van der Waals surface area contributed by atoms with Crippen LogP contribution in [0.25, 0.3) is 11.4 Å². The summed E-state index contributed by atoms with van der Waals surface area (Å²) in [6.07, 6.45) is 3.06. The highest BCUT2D eigenvalue weighted by molar-refractivity contribution is 5.55. The van der Waals surface area contributed by atoms with Crippen molar-refractivity contribution in [2.45, 2.75) is 18.4 Å². The van der Waals surface area contributed by atoms with Crippen LogP contribution in [0.4, 0.5) is 0 Å². The number of rotatable bonds is 1. The van der Waals surface area contributed by atoms with Gasteiger partial charge < -0.3 is 9.64 Å². The first-order valence-electron chi connectivity index (χ1n) is 7.45. The van der Waals surface area contributed by atoms with Gasteiger partial charge in [0.2, 0.25) is 0 Å². The van der Waals surface area contributed by atoms with Crippen molar-refractivity contribution in [1.82, 2.24) is 14.9 Å². The van der Waals surface area contributed by atoms with Crippen LogP contribution in [-0.4, -0.2) is 41.6 Å². The molecule has 21 heavy (non-hydrogen) atoms. The minimum atomic E-state index is 0.0504. The second kappa shape index (κ2) is 4.90. The largest absolute Gasteiger partial charge is 0.376 e. The molecule has 1 spiro atoms. The van der Waals surface area contributed by atoms with E-state index >= 15 is 0 Å². The van der Waals surface area contributed by atoms with E-state index in [0.717, 1.165) is 43.1 Å². The molecule has 0 bridgehead atoms. The third-order valence-electron chi connectivity index (χ3n) is 4.58. The number of likely N-dealkylation sites (N-methyl/N-ethyl adjacent to an activating group) is 1. The van der Waals surface area contributed by atoms with Gasteiger partial charge in [0.1, 0.15) is 0 Å². The third kappa shape index (κ3) is 2.15. The lowest BCUT2D eigenvalue weighted by Crippen LogP contribution is -2.40. The summed E-state index contributed by atoms with van der Waals surface area (Å²) in [6, 6.07) is 10.2. The number of hydrogen-bond acceptors (Lipinski definition) is 4. The average Bonchev–Trinajstić information content (AvgIpc) is 2.90. The summed E-state index contributed by atoms with van der Waals surface area (Å²) in [4.78, 5) is 11.8. The Hall–Kier alpha value is -1.78. The molecule has 0 N–H and O–H groups in total. The zero-order chi connectivity index (χ0) is 14.3. The fourth-order valence-electron chi connectivity index (χ4n) is 3.51. The van der Waals surface area contributed by atoms with E-state index in [9.17, 15) is 0 Å². The van der Waals surface area contributed by atoms with Crippen LogP contribution in [0.2, 0.25) is 0 Å². The first kappa shape index (κ1) is 12.9. The molecule has 0 radical (unpaired) electrons. The molecule has 1 aromatic carbocycles. The molecule has 1 aromatic heterocycles. The van der Waals surface area contributed by atoms with Gasteiger partial charge in [-0.2, -0.15) is 0 Å². The van der Waals surface area contributed by atoms with E-state index in [1.807, 2.05) is 24.4 Å². The Morgan fingerprint density at radius 1 is 1.24 bits per heavy atom. The summed E-state index contributed by atoms with van der Waals surface area (Å²) < 4.78 is 5.82. The predicted octanol–water partition coefficient (Wildman–Crippen LogP) is 2.25.